The second-order valence-electron chi connectivity index (χ2n) is 27.0. The number of likely N-dealkylation sites (N-methyl/N-ethyl adjacent to an activating group) is 7. The van der Waals surface area contributed by atoms with Crippen molar-refractivity contribution in [2.24, 2.45) is 35.5 Å². The van der Waals surface area contributed by atoms with Crippen LogP contribution < -0.4 is 21.3 Å². The van der Waals surface area contributed by atoms with Crippen molar-refractivity contribution < 1.29 is 67.4 Å². The lowest BCUT2D eigenvalue weighted by Gasteiger charge is -2.41. The number of carbonyl (C=O) groups is 12. The third-order valence-corrected chi connectivity index (χ3v) is 17.9. The lowest BCUT2D eigenvalue weighted by atomic mass is 9.91. The maximum Gasteiger partial charge on any atom is 0.246 e. The second-order valence-corrected chi connectivity index (χ2v) is 28.3. The van der Waals surface area contributed by atoms with Gasteiger partial charge in [0.25, 0.3) is 0 Å². The van der Waals surface area contributed by atoms with Crippen LogP contribution in [0.3, 0.4) is 0 Å². The Morgan fingerprint density at radius 2 is 1.03 bits per heavy atom. The van der Waals surface area contributed by atoms with Crippen LogP contribution in [0.4, 0.5) is 0 Å². The number of aliphatic hydroxyl groups excluding tert-OH is 1. The molecule has 0 aromatic heterocycles. The Morgan fingerprint density at radius 3 is 1.52 bits per heavy atom. The van der Waals surface area contributed by atoms with Gasteiger partial charge in [-0.3, -0.25) is 57.5 Å². The summed E-state index contributed by atoms with van der Waals surface area (Å²) < 4.78 is 6.19. The molecule has 92 heavy (non-hydrogen) atoms. The van der Waals surface area contributed by atoms with Gasteiger partial charge in [-0.05, 0) is 108 Å². The summed E-state index contributed by atoms with van der Waals surface area (Å²) in [6.07, 6.45) is 2.78. The van der Waals surface area contributed by atoms with Gasteiger partial charge >= 0.3 is 0 Å². The fraction of sp³-hybridized carbons (Fsp3) is 0.788. The minimum Gasteiger partial charge on any atom is -0.390 e. The molecule has 13 atom stereocenters. The maximum atomic E-state index is 15.2. The molecule has 1 saturated heterocycles. The van der Waals surface area contributed by atoms with Crippen LogP contribution in [0, 0.1) is 35.5 Å². The summed E-state index contributed by atoms with van der Waals surface area (Å²) in [6, 6.07) is -13.0. The van der Waals surface area contributed by atoms with E-state index in [0.717, 1.165) is 26.5 Å². The van der Waals surface area contributed by atoms with Crippen LogP contribution in [0.1, 0.15) is 163 Å². The van der Waals surface area contributed by atoms with Gasteiger partial charge in [0.05, 0.1) is 18.8 Å². The van der Waals surface area contributed by atoms with Crippen molar-refractivity contribution in [1.29, 1.82) is 0 Å². The number of hydrogen-bond acceptors (Lipinski definition) is 15. The van der Waals surface area contributed by atoms with Crippen LogP contribution in [0.2, 0.25) is 0 Å². The zero-order valence-corrected chi connectivity index (χ0v) is 60.7. The summed E-state index contributed by atoms with van der Waals surface area (Å²) in [5.41, 5.74) is 0. The Balaban J connectivity index is 4.38. The van der Waals surface area contributed by atoms with Crippen molar-refractivity contribution in [1.82, 2.24) is 55.6 Å². The van der Waals surface area contributed by atoms with Gasteiger partial charge in [-0.15, -0.1) is 0 Å². The molecule has 0 spiro atoms. The van der Waals surface area contributed by atoms with Gasteiger partial charge in [0.15, 0.2) is 5.12 Å². The first-order chi connectivity index (χ1) is 42.6. The summed E-state index contributed by atoms with van der Waals surface area (Å²) in [7, 11) is 9.75. The van der Waals surface area contributed by atoms with E-state index in [1.807, 2.05) is 41.5 Å². The Labute approximate surface area is 553 Å². The number of thioether (sulfide) groups is 1. The first-order valence-corrected chi connectivity index (χ1v) is 33.7. The monoisotopic (exact) mass is 1320 g/mol. The van der Waals surface area contributed by atoms with Crippen LogP contribution in [0.15, 0.2) is 12.2 Å². The molecule has 25 nitrogen and oxygen atoms in total. The SMILES string of the molecule is C/C=C/C[C@@H](C)[C@@H](O)[C@H]1C(=O)N[C@@H](CC)C(=O)N(C)CC(=O)N(C)[C@@H]([C@@H](C)OCCCCSC(C)=O)C(=O)N[C@@H](C(C)C)C(=O)N(C)[C@H](CC(C)C)C(=O)N[C@@H](C)C(=O)N[C@@H](C)C(=O)N(C)[C@@H](CC(C)C)C(=O)N(C)[C@H](CC(C)C)C(=O)N(C)[C@@H](C(C)C)C(=O)N1C. The number of allylic oxidation sites excluding steroid dienone is 2. The van der Waals surface area contributed by atoms with Gasteiger partial charge in [-0.1, -0.05) is 107 Å². The molecule has 1 aliphatic heterocycles. The van der Waals surface area contributed by atoms with Crippen molar-refractivity contribution in [3.8, 4) is 0 Å². The number of amides is 11. The van der Waals surface area contributed by atoms with E-state index in [1.54, 1.807) is 67.5 Å². The molecule has 1 heterocycles. The average molecular weight is 1320 g/mol. The number of nitrogens with one attached hydrogen (secondary N) is 4. The summed E-state index contributed by atoms with van der Waals surface area (Å²) in [4.78, 5) is 182. The van der Waals surface area contributed by atoms with Gasteiger partial charge in [0.1, 0.15) is 60.4 Å². The second kappa shape index (κ2) is 39.5. The Kier molecular flexibility index (Phi) is 36.0. The minimum atomic E-state index is -1.64. The summed E-state index contributed by atoms with van der Waals surface area (Å²) in [5.74, 6) is -9.73. The molecule has 0 aromatic rings. The first kappa shape index (κ1) is 83.9. The molecular weight excluding hydrogens is 1200 g/mol. The molecule has 0 saturated carbocycles. The van der Waals surface area contributed by atoms with Crippen LogP contribution >= 0.6 is 11.8 Å². The molecule has 1 aliphatic rings. The van der Waals surface area contributed by atoms with E-state index in [9.17, 15) is 48.3 Å². The maximum absolute atomic E-state index is 15.2. The zero-order chi connectivity index (χ0) is 71.1. The normalized spacial score (nSPS) is 26.0. The van der Waals surface area contributed by atoms with Crippen molar-refractivity contribution in [3.63, 3.8) is 0 Å². The van der Waals surface area contributed by atoms with Crippen LogP contribution in [-0.2, 0) is 62.3 Å². The van der Waals surface area contributed by atoms with Crippen molar-refractivity contribution >= 4 is 81.9 Å². The fourth-order valence-electron chi connectivity index (χ4n) is 11.2. The molecule has 526 valence electrons. The lowest BCUT2D eigenvalue weighted by Crippen LogP contribution is -2.63. The first-order valence-electron chi connectivity index (χ1n) is 32.7. The Bertz CT molecular complexity index is 2530. The highest BCUT2D eigenvalue weighted by Gasteiger charge is 2.46. The van der Waals surface area contributed by atoms with Gasteiger partial charge in [0, 0.05) is 68.6 Å². The Hall–Kier alpha value is -6.15. The topological polar surface area (TPSA) is 305 Å². The van der Waals surface area contributed by atoms with E-state index in [-0.39, 0.29) is 61.6 Å². The summed E-state index contributed by atoms with van der Waals surface area (Å²) >= 11 is 1.16. The summed E-state index contributed by atoms with van der Waals surface area (Å²) in [6.45, 7) is 28.5. The van der Waals surface area contributed by atoms with Gasteiger partial charge < -0.3 is 65.4 Å². The van der Waals surface area contributed by atoms with Crippen LogP contribution in [0.25, 0.3) is 0 Å². The highest BCUT2D eigenvalue weighted by molar-refractivity contribution is 8.13. The average Bonchev–Trinajstić information content (AvgIpc) is 0.831. The molecule has 1 fully saturated rings. The molecule has 0 radical (unpaired) electrons. The van der Waals surface area contributed by atoms with E-state index in [0.29, 0.717) is 18.6 Å². The van der Waals surface area contributed by atoms with Gasteiger partial charge in [-0.25, -0.2) is 0 Å². The predicted octanol–water partition coefficient (Wildman–Crippen LogP) is 3.69. The van der Waals surface area contributed by atoms with Crippen LogP contribution in [-0.4, -0.2) is 250 Å². The smallest absolute Gasteiger partial charge is 0.246 e. The zero-order valence-electron chi connectivity index (χ0n) is 59.9. The summed E-state index contributed by atoms with van der Waals surface area (Å²) in [5, 5.41) is 23.1. The van der Waals surface area contributed by atoms with Gasteiger partial charge in [0.2, 0.25) is 65.0 Å². The van der Waals surface area contributed by atoms with E-state index < -0.39 is 162 Å². The van der Waals surface area contributed by atoms with Crippen molar-refractivity contribution in [2.75, 3.05) is 68.2 Å². The fourth-order valence-corrected chi connectivity index (χ4v) is 11.9. The number of unbranched alkanes of at least 4 members (excludes halogenated alkanes) is 1. The third-order valence-electron chi connectivity index (χ3n) is 17.0. The van der Waals surface area contributed by atoms with Crippen molar-refractivity contribution in [2.45, 2.75) is 235 Å². The van der Waals surface area contributed by atoms with Crippen LogP contribution in [0.5, 0.6) is 0 Å². The number of aliphatic hydroxyl groups is 1. The molecule has 5 N–H and O–H groups in total. The highest BCUT2D eigenvalue weighted by atomic mass is 32.2. The Morgan fingerprint density at radius 1 is 0.554 bits per heavy atom. The number of rotatable bonds is 20. The predicted molar refractivity (Wildman–Crippen MR) is 357 cm³/mol. The van der Waals surface area contributed by atoms with E-state index in [1.165, 1.54) is 89.7 Å². The molecule has 0 unspecified atom stereocenters. The standard InChI is InChI=1S/C66H117N11O14S/c1-25-27-30-42(13)56(80)55-60(84)69-47(26-2)62(86)71(18)36-51(79)75(22)54(45(16)91-31-28-29-32-92-46(17)78)59(83)70-52(40(9)10)65(89)72(19)48(33-37(3)4)58(82)67-43(14)57(81)68-44(15)61(85)73(20)49(34-38(5)6)63(87)74(21)50(35-39(7)8)64(88)76(23)53(41(11)12)66(90)77(55)24/h25,27,37-45,47-50,52-56,80H,26,28-36H2,1-24H3,(H,67,82)(H,68,81)(H,69,84)(H,70,83)/b27-25+/t42-,43+,44+,45-,47+,48-,49+,50-,52+,53+,54+,55+,56-/m1/s1. The third kappa shape index (κ3) is 24.6. The number of nitrogens with zero attached hydrogens (tertiary/aromatic N) is 7. The number of hydrogen-bond donors (Lipinski definition) is 5. The van der Waals surface area contributed by atoms with E-state index >= 15 is 14.4 Å². The van der Waals surface area contributed by atoms with E-state index in [4.69, 9.17) is 4.74 Å². The van der Waals surface area contributed by atoms with E-state index in [2.05, 4.69) is 21.3 Å². The number of carbonyl (C=O) groups excluding carboxylic acids is 12. The largest absolute Gasteiger partial charge is 0.390 e. The number of ether oxygens (including phenoxy) is 1. The molecule has 11 amide bonds. The lowest BCUT2D eigenvalue weighted by molar-refractivity contribution is -0.157. The van der Waals surface area contributed by atoms with Crippen molar-refractivity contribution in [3.05, 3.63) is 12.2 Å². The quantitative estimate of drug-likeness (QED) is 0.0858. The van der Waals surface area contributed by atoms with Gasteiger partial charge in [-0.2, -0.15) is 0 Å². The molecule has 26 heteroatoms. The molecule has 1 rings (SSSR count). The highest BCUT2D eigenvalue weighted by Crippen LogP contribution is 2.26. The minimum absolute atomic E-state index is 0.0164. The molecule has 0 aliphatic carbocycles. The molecule has 0 bridgehead atoms. The molecular formula is C66H117N11O14S. The molecule has 0 aromatic carbocycles.